The lowest BCUT2D eigenvalue weighted by Gasteiger charge is -2.06. The lowest BCUT2D eigenvalue weighted by molar-refractivity contribution is 0.0958. The van der Waals surface area contributed by atoms with Crippen LogP contribution >= 0.6 is 0 Å². The van der Waals surface area contributed by atoms with Gasteiger partial charge in [0.05, 0.1) is 5.41 Å². The van der Waals surface area contributed by atoms with Crippen molar-refractivity contribution < 1.29 is 13.2 Å². The van der Waals surface area contributed by atoms with Crippen LogP contribution in [0, 0.1) is 0 Å². The van der Waals surface area contributed by atoms with E-state index in [4.69, 9.17) is 0 Å². The van der Waals surface area contributed by atoms with Crippen LogP contribution in [0.5, 0.6) is 0 Å². The highest BCUT2D eigenvalue weighted by Gasteiger charge is 2.08. The average molecular weight is 342 g/mol. The molecule has 6 heteroatoms. The highest BCUT2D eigenvalue weighted by molar-refractivity contribution is 7.95. The zero-order valence-electron chi connectivity index (χ0n) is 13.0. The SMILES string of the molecule is C=CCNC(=O)c1ccc(NS(=O)(=O)/C=C/c2ccccc2)cc1. The minimum absolute atomic E-state index is 0.242. The third kappa shape index (κ3) is 5.40. The molecule has 0 fully saturated rings. The number of carbonyl (C=O) groups is 1. The molecular weight excluding hydrogens is 324 g/mol. The highest BCUT2D eigenvalue weighted by atomic mass is 32.2. The maximum Gasteiger partial charge on any atom is 0.255 e. The van der Waals surface area contributed by atoms with Crippen LogP contribution in [0.1, 0.15) is 15.9 Å². The summed E-state index contributed by atoms with van der Waals surface area (Å²) in [6.07, 6.45) is 3.10. The number of nitrogens with one attached hydrogen (secondary N) is 2. The topological polar surface area (TPSA) is 75.3 Å². The van der Waals surface area contributed by atoms with Crippen LogP contribution < -0.4 is 10.0 Å². The summed E-state index contributed by atoms with van der Waals surface area (Å²) in [5.41, 5.74) is 1.62. The van der Waals surface area contributed by atoms with Crippen molar-refractivity contribution in [1.82, 2.24) is 5.32 Å². The van der Waals surface area contributed by atoms with Crippen molar-refractivity contribution in [2.24, 2.45) is 0 Å². The summed E-state index contributed by atoms with van der Waals surface area (Å²) in [6.45, 7) is 3.89. The molecule has 2 N–H and O–H groups in total. The number of sulfonamides is 1. The summed E-state index contributed by atoms with van der Waals surface area (Å²) in [4.78, 5) is 11.8. The molecule has 2 aromatic rings. The lowest BCUT2D eigenvalue weighted by atomic mass is 10.2. The van der Waals surface area contributed by atoms with Gasteiger partial charge in [0.1, 0.15) is 0 Å². The second kappa shape index (κ2) is 8.12. The Labute approximate surface area is 141 Å². The number of carbonyl (C=O) groups excluding carboxylic acids is 1. The minimum atomic E-state index is -3.62. The maximum atomic E-state index is 12.0. The standard InChI is InChI=1S/C18H18N2O3S/c1-2-13-19-18(21)16-8-10-17(11-9-16)20-24(22,23)14-12-15-6-4-3-5-7-15/h2-12,14,20H,1,13H2,(H,19,21)/b14-12+. The molecule has 0 bridgehead atoms. The highest BCUT2D eigenvalue weighted by Crippen LogP contribution is 2.13. The van der Waals surface area contributed by atoms with Crippen molar-refractivity contribution in [2.75, 3.05) is 11.3 Å². The number of benzene rings is 2. The van der Waals surface area contributed by atoms with E-state index in [0.717, 1.165) is 11.0 Å². The summed E-state index contributed by atoms with van der Waals surface area (Å²) < 4.78 is 26.5. The smallest absolute Gasteiger partial charge is 0.255 e. The van der Waals surface area contributed by atoms with Crippen LogP contribution in [0.2, 0.25) is 0 Å². The Morgan fingerprint density at radius 1 is 1.04 bits per heavy atom. The summed E-state index contributed by atoms with van der Waals surface area (Å²) in [5, 5.41) is 3.75. The second-order valence-corrected chi connectivity index (χ2v) is 6.50. The summed E-state index contributed by atoms with van der Waals surface area (Å²) in [6, 6.07) is 15.3. The van der Waals surface area contributed by atoms with Gasteiger partial charge in [-0.15, -0.1) is 6.58 Å². The molecule has 0 aliphatic heterocycles. The lowest BCUT2D eigenvalue weighted by Crippen LogP contribution is -2.23. The summed E-state index contributed by atoms with van der Waals surface area (Å²) in [7, 11) is -3.62. The molecule has 0 aliphatic carbocycles. The van der Waals surface area contributed by atoms with Gasteiger partial charge in [0.15, 0.2) is 0 Å². The fourth-order valence-electron chi connectivity index (χ4n) is 1.89. The Morgan fingerprint density at radius 2 is 1.71 bits per heavy atom. The van der Waals surface area contributed by atoms with Crippen LogP contribution in [-0.2, 0) is 10.0 Å². The minimum Gasteiger partial charge on any atom is -0.349 e. The number of hydrogen-bond acceptors (Lipinski definition) is 3. The van der Waals surface area contributed by atoms with Crippen LogP contribution in [0.15, 0.2) is 72.7 Å². The van der Waals surface area contributed by atoms with E-state index in [0.29, 0.717) is 17.8 Å². The molecule has 0 unspecified atom stereocenters. The zero-order valence-corrected chi connectivity index (χ0v) is 13.8. The van der Waals surface area contributed by atoms with Crippen molar-refractivity contribution in [3.63, 3.8) is 0 Å². The van der Waals surface area contributed by atoms with Gasteiger partial charge in [-0.3, -0.25) is 9.52 Å². The first-order valence-electron chi connectivity index (χ1n) is 7.25. The Balaban J connectivity index is 2.03. The molecule has 24 heavy (non-hydrogen) atoms. The Kier molecular flexibility index (Phi) is 5.92. The van der Waals surface area contributed by atoms with Crippen molar-refractivity contribution >= 4 is 27.7 Å². The van der Waals surface area contributed by atoms with Crippen molar-refractivity contribution in [1.29, 1.82) is 0 Å². The third-order valence-corrected chi connectivity index (χ3v) is 4.07. The summed E-state index contributed by atoms with van der Waals surface area (Å²) in [5.74, 6) is -0.242. The average Bonchev–Trinajstić information content (AvgIpc) is 2.59. The molecule has 2 aromatic carbocycles. The van der Waals surface area contributed by atoms with E-state index in [1.165, 1.54) is 18.2 Å². The van der Waals surface area contributed by atoms with E-state index in [1.807, 2.05) is 30.3 Å². The van der Waals surface area contributed by atoms with E-state index in [9.17, 15) is 13.2 Å². The van der Waals surface area contributed by atoms with E-state index < -0.39 is 10.0 Å². The third-order valence-electron chi connectivity index (χ3n) is 3.05. The molecule has 1 amide bonds. The number of rotatable bonds is 7. The van der Waals surface area contributed by atoms with Gasteiger partial charge in [0.25, 0.3) is 15.9 Å². The van der Waals surface area contributed by atoms with Gasteiger partial charge in [-0.25, -0.2) is 8.42 Å². The largest absolute Gasteiger partial charge is 0.349 e. The fourth-order valence-corrected chi connectivity index (χ4v) is 2.76. The molecule has 0 heterocycles. The predicted octanol–water partition coefficient (Wildman–Crippen LogP) is 3.02. The van der Waals surface area contributed by atoms with Gasteiger partial charge in [-0.05, 0) is 35.9 Å². The van der Waals surface area contributed by atoms with Crippen LogP contribution in [0.25, 0.3) is 6.08 Å². The quantitative estimate of drug-likeness (QED) is 0.760. The molecule has 0 saturated carbocycles. The first kappa shape index (κ1) is 17.5. The molecule has 0 atom stereocenters. The van der Waals surface area contributed by atoms with Gasteiger partial charge in [-0.1, -0.05) is 36.4 Å². The monoisotopic (exact) mass is 342 g/mol. The van der Waals surface area contributed by atoms with E-state index in [2.05, 4.69) is 16.6 Å². The zero-order chi connectivity index (χ0) is 17.4. The van der Waals surface area contributed by atoms with Gasteiger partial charge in [-0.2, -0.15) is 0 Å². The first-order chi connectivity index (χ1) is 11.5. The molecular formula is C18H18N2O3S. The summed E-state index contributed by atoms with van der Waals surface area (Å²) >= 11 is 0. The maximum absolute atomic E-state index is 12.0. The van der Waals surface area contributed by atoms with Gasteiger partial charge in [0, 0.05) is 17.8 Å². The molecule has 0 aliphatic rings. The molecule has 124 valence electrons. The van der Waals surface area contributed by atoms with E-state index in [1.54, 1.807) is 18.2 Å². The van der Waals surface area contributed by atoms with Crippen molar-refractivity contribution in [2.45, 2.75) is 0 Å². The molecule has 2 rings (SSSR count). The van der Waals surface area contributed by atoms with E-state index in [-0.39, 0.29) is 5.91 Å². The first-order valence-corrected chi connectivity index (χ1v) is 8.80. The molecule has 0 saturated heterocycles. The normalized spacial score (nSPS) is 11.2. The molecule has 0 aromatic heterocycles. The second-order valence-electron chi connectivity index (χ2n) is 4.94. The fraction of sp³-hybridized carbons (Fsp3) is 0.0556. The van der Waals surface area contributed by atoms with E-state index >= 15 is 0 Å². The number of anilines is 1. The van der Waals surface area contributed by atoms with Gasteiger partial charge >= 0.3 is 0 Å². The number of amides is 1. The van der Waals surface area contributed by atoms with Crippen LogP contribution in [0.4, 0.5) is 5.69 Å². The molecule has 5 nitrogen and oxygen atoms in total. The predicted molar refractivity (Wildman–Crippen MR) is 97.0 cm³/mol. The Bertz CT molecular complexity index is 826. The molecule has 0 spiro atoms. The van der Waals surface area contributed by atoms with Crippen molar-refractivity contribution in [3.8, 4) is 0 Å². The number of hydrogen-bond donors (Lipinski definition) is 2. The molecule has 0 radical (unpaired) electrons. The van der Waals surface area contributed by atoms with Gasteiger partial charge in [0.2, 0.25) is 0 Å². The Morgan fingerprint density at radius 3 is 2.33 bits per heavy atom. The Hall–Kier alpha value is -2.86. The van der Waals surface area contributed by atoms with Gasteiger partial charge < -0.3 is 5.32 Å². The van der Waals surface area contributed by atoms with Crippen molar-refractivity contribution in [3.05, 3.63) is 83.8 Å². The van der Waals surface area contributed by atoms with Crippen LogP contribution in [-0.4, -0.2) is 20.9 Å². The van der Waals surface area contributed by atoms with Crippen LogP contribution in [0.3, 0.4) is 0 Å².